The van der Waals surface area contributed by atoms with Crippen LogP contribution in [-0.2, 0) is 11.2 Å². The summed E-state index contributed by atoms with van der Waals surface area (Å²) < 4.78 is 0. The molecule has 0 bridgehead atoms. The Morgan fingerprint density at radius 3 is 3.19 bits per heavy atom. The third kappa shape index (κ3) is 2.50. The van der Waals surface area contributed by atoms with Gasteiger partial charge < -0.3 is 0 Å². The van der Waals surface area contributed by atoms with Crippen molar-refractivity contribution in [3.63, 3.8) is 0 Å². The Bertz CT molecular complexity index is 375. The normalized spacial score (nSPS) is 21.5. The molecule has 1 fully saturated rings. The lowest BCUT2D eigenvalue weighted by Crippen LogP contribution is -2.22. The fourth-order valence-electron chi connectivity index (χ4n) is 2.30. The van der Waals surface area contributed by atoms with Crippen molar-refractivity contribution in [1.29, 1.82) is 0 Å². The molecule has 16 heavy (non-hydrogen) atoms. The molecule has 1 unspecified atom stereocenters. The number of carbonyl (C=O) groups excluding carboxylic acids is 1. The molecule has 2 heterocycles. The van der Waals surface area contributed by atoms with Crippen molar-refractivity contribution in [3.05, 3.63) is 16.1 Å². The highest BCUT2D eigenvalue weighted by atomic mass is 32.1. The molecule has 1 saturated heterocycles. The van der Waals surface area contributed by atoms with Gasteiger partial charge in [-0.2, -0.15) is 0 Å². The third-order valence-corrected chi connectivity index (χ3v) is 4.05. The van der Waals surface area contributed by atoms with E-state index in [4.69, 9.17) is 0 Å². The van der Waals surface area contributed by atoms with Gasteiger partial charge in [0.05, 0.1) is 11.7 Å². The van der Waals surface area contributed by atoms with Crippen LogP contribution in [0.3, 0.4) is 0 Å². The fourth-order valence-corrected chi connectivity index (χ4v) is 3.28. The van der Waals surface area contributed by atoms with Gasteiger partial charge in [-0.3, -0.25) is 9.69 Å². The molecule has 0 spiro atoms. The van der Waals surface area contributed by atoms with Crippen LogP contribution in [0.1, 0.15) is 43.4 Å². The van der Waals surface area contributed by atoms with Crippen molar-refractivity contribution >= 4 is 17.1 Å². The molecule has 1 aliphatic rings. The average Bonchev–Trinajstić information content (AvgIpc) is 2.83. The van der Waals surface area contributed by atoms with Crippen molar-refractivity contribution in [2.24, 2.45) is 0 Å². The second kappa shape index (κ2) is 5.06. The quantitative estimate of drug-likeness (QED) is 0.807. The van der Waals surface area contributed by atoms with Crippen LogP contribution in [0.5, 0.6) is 0 Å². The standard InChI is InChI=1S/C12H18N2OS/c1-3-14-6-4-5-11(14)12-13-10(8-16-12)7-9(2)15/h8,11H,3-7H2,1-2H3. The molecule has 0 radical (unpaired) electrons. The number of ketones is 1. The summed E-state index contributed by atoms with van der Waals surface area (Å²) in [6.45, 7) is 6.09. The van der Waals surface area contributed by atoms with E-state index in [-0.39, 0.29) is 5.78 Å². The molecule has 1 aromatic rings. The maximum absolute atomic E-state index is 11.0. The molecular weight excluding hydrogens is 220 g/mol. The summed E-state index contributed by atoms with van der Waals surface area (Å²) in [6.07, 6.45) is 2.95. The summed E-state index contributed by atoms with van der Waals surface area (Å²) in [5.41, 5.74) is 0.940. The Hall–Kier alpha value is -0.740. The van der Waals surface area contributed by atoms with Crippen molar-refractivity contribution in [3.8, 4) is 0 Å². The number of nitrogens with zero attached hydrogens (tertiary/aromatic N) is 2. The first kappa shape index (κ1) is 11.7. The number of thiazole rings is 1. The summed E-state index contributed by atoms with van der Waals surface area (Å²) in [7, 11) is 0. The first-order valence-corrected chi connectivity index (χ1v) is 6.76. The van der Waals surface area contributed by atoms with E-state index >= 15 is 0 Å². The topological polar surface area (TPSA) is 33.2 Å². The van der Waals surface area contributed by atoms with E-state index < -0.39 is 0 Å². The number of Topliss-reactive ketones (excluding diaryl/α,β-unsaturated/α-hetero) is 1. The maximum Gasteiger partial charge on any atom is 0.135 e. The predicted octanol–water partition coefficient (Wildman–Crippen LogP) is 2.43. The molecular formula is C12H18N2OS. The second-order valence-electron chi connectivity index (χ2n) is 4.34. The largest absolute Gasteiger partial charge is 0.300 e. The van der Waals surface area contributed by atoms with E-state index in [1.165, 1.54) is 24.4 Å². The van der Waals surface area contributed by atoms with Gasteiger partial charge in [-0.05, 0) is 32.9 Å². The summed E-state index contributed by atoms with van der Waals surface area (Å²) in [4.78, 5) is 18.1. The van der Waals surface area contributed by atoms with Crippen LogP contribution in [0.15, 0.2) is 5.38 Å². The first-order chi connectivity index (χ1) is 7.70. The molecule has 0 amide bonds. The first-order valence-electron chi connectivity index (χ1n) is 5.88. The molecule has 1 aromatic heterocycles. The Balaban J connectivity index is 2.09. The number of hydrogen-bond donors (Lipinski definition) is 0. The van der Waals surface area contributed by atoms with E-state index in [1.807, 2.05) is 5.38 Å². The molecule has 1 aliphatic heterocycles. The summed E-state index contributed by atoms with van der Waals surface area (Å²) in [5, 5.41) is 3.22. The van der Waals surface area contributed by atoms with Gasteiger partial charge >= 0.3 is 0 Å². The SMILES string of the molecule is CCN1CCCC1c1nc(CC(C)=O)cs1. The van der Waals surface area contributed by atoms with Crippen molar-refractivity contribution < 1.29 is 4.79 Å². The summed E-state index contributed by atoms with van der Waals surface area (Å²) in [6, 6.07) is 0.496. The van der Waals surface area contributed by atoms with Crippen LogP contribution in [0.4, 0.5) is 0 Å². The number of aromatic nitrogens is 1. The summed E-state index contributed by atoms with van der Waals surface area (Å²) in [5.74, 6) is 0.190. The van der Waals surface area contributed by atoms with Crippen LogP contribution >= 0.6 is 11.3 Å². The highest BCUT2D eigenvalue weighted by molar-refractivity contribution is 7.09. The van der Waals surface area contributed by atoms with Gasteiger partial charge in [0, 0.05) is 11.8 Å². The monoisotopic (exact) mass is 238 g/mol. The van der Waals surface area contributed by atoms with Crippen LogP contribution in [0.25, 0.3) is 0 Å². The molecule has 0 aromatic carbocycles. The molecule has 3 nitrogen and oxygen atoms in total. The molecule has 4 heteroatoms. The Kier molecular flexibility index (Phi) is 3.71. The minimum Gasteiger partial charge on any atom is -0.300 e. The van der Waals surface area contributed by atoms with Crippen LogP contribution in [0, 0.1) is 0 Å². The number of hydrogen-bond acceptors (Lipinski definition) is 4. The summed E-state index contributed by atoms with van der Waals surface area (Å²) >= 11 is 1.70. The van der Waals surface area contributed by atoms with E-state index in [0.717, 1.165) is 12.2 Å². The Morgan fingerprint density at radius 1 is 1.69 bits per heavy atom. The highest BCUT2D eigenvalue weighted by Gasteiger charge is 2.26. The molecule has 2 rings (SSSR count). The third-order valence-electron chi connectivity index (χ3n) is 3.05. The lowest BCUT2D eigenvalue weighted by Gasteiger charge is -2.20. The minimum absolute atomic E-state index is 0.190. The average molecular weight is 238 g/mol. The zero-order chi connectivity index (χ0) is 11.5. The van der Waals surface area contributed by atoms with Gasteiger partial charge in [-0.15, -0.1) is 11.3 Å². The van der Waals surface area contributed by atoms with E-state index in [9.17, 15) is 4.79 Å². The van der Waals surface area contributed by atoms with Crippen molar-refractivity contribution in [2.45, 2.75) is 39.2 Å². The van der Waals surface area contributed by atoms with Gasteiger partial charge in [0.25, 0.3) is 0 Å². The molecule has 0 N–H and O–H groups in total. The van der Waals surface area contributed by atoms with Gasteiger partial charge in [-0.25, -0.2) is 4.98 Å². The Morgan fingerprint density at radius 2 is 2.50 bits per heavy atom. The van der Waals surface area contributed by atoms with Gasteiger partial charge in [0.1, 0.15) is 10.8 Å². The lowest BCUT2D eigenvalue weighted by molar-refractivity contribution is -0.116. The van der Waals surface area contributed by atoms with Crippen LogP contribution < -0.4 is 0 Å². The number of likely N-dealkylation sites (tertiary alicyclic amines) is 1. The number of carbonyl (C=O) groups is 1. The van der Waals surface area contributed by atoms with E-state index in [2.05, 4.69) is 16.8 Å². The molecule has 0 saturated carbocycles. The molecule has 1 atom stereocenters. The zero-order valence-electron chi connectivity index (χ0n) is 9.90. The van der Waals surface area contributed by atoms with Crippen LogP contribution in [0.2, 0.25) is 0 Å². The highest BCUT2D eigenvalue weighted by Crippen LogP contribution is 2.33. The fraction of sp³-hybridized carbons (Fsp3) is 0.667. The Labute approximate surface area is 100 Å². The van der Waals surface area contributed by atoms with Crippen molar-refractivity contribution in [1.82, 2.24) is 9.88 Å². The van der Waals surface area contributed by atoms with Gasteiger partial charge in [0.15, 0.2) is 0 Å². The van der Waals surface area contributed by atoms with E-state index in [1.54, 1.807) is 18.3 Å². The minimum atomic E-state index is 0.190. The zero-order valence-corrected chi connectivity index (χ0v) is 10.7. The van der Waals surface area contributed by atoms with E-state index in [0.29, 0.717) is 12.5 Å². The second-order valence-corrected chi connectivity index (χ2v) is 5.23. The predicted molar refractivity (Wildman–Crippen MR) is 65.7 cm³/mol. The molecule has 88 valence electrons. The van der Waals surface area contributed by atoms with Crippen molar-refractivity contribution in [2.75, 3.05) is 13.1 Å². The molecule has 0 aliphatic carbocycles. The maximum atomic E-state index is 11.0. The van der Waals surface area contributed by atoms with Crippen LogP contribution in [-0.4, -0.2) is 28.8 Å². The van der Waals surface area contributed by atoms with Gasteiger partial charge in [0.2, 0.25) is 0 Å². The van der Waals surface area contributed by atoms with Gasteiger partial charge in [-0.1, -0.05) is 6.92 Å². The lowest BCUT2D eigenvalue weighted by atomic mass is 10.2. The number of rotatable bonds is 4. The smallest absolute Gasteiger partial charge is 0.135 e.